The van der Waals surface area contributed by atoms with Crippen molar-refractivity contribution < 1.29 is 14.9 Å². The Bertz CT molecular complexity index is 873. The Kier molecular flexibility index (Phi) is 8.10. The fourth-order valence-corrected chi connectivity index (χ4v) is 3.89. The van der Waals surface area contributed by atoms with E-state index >= 15 is 0 Å². The van der Waals surface area contributed by atoms with Gasteiger partial charge < -0.3 is 25.2 Å². The molecule has 1 aromatic carbocycles. The minimum Gasteiger partial charge on any atom is -0.496 e. The standard InChI is InChI=1S/C19H22Cl2N4O2.H2O/c1-25-6-5-23-11-12(25)4-3-7-27-13-8-15-17(16(9-13)26-2)18(20)14(10-22)19(21)24-15;/h8-9,12,23H,3-7,11H2,1-2H3;1H2. The van der Waals surface area contributed by atoms with Crippen LogP contribution >= 0.6 is 23.2 Å². The zero-order valence-electron chi connectivity index (χ0n) is 15.9. The number of pyridine rings is 1. The number of hydrogen-bond acceptors (Lipinski definition) is 6. The van der Waals surface area contributed by atoms with E-state index < -0.39 is 0 Å². The maximum Gasteiger partial charge on any atom is 0.149 e. The highest BCUT2D eigenvalue weighted by Gasteiger charge is 2.19. The summed E-state index contributed by atoms with van der Waals surface area (Å²) < 4.78 is 11.3. The van der Waals surface area contributed by atoms with Crippen LogP contribution in [0.3, 0.4) is 0 Å². The molecular formula is C19H24Cl2N4O3. The van der Waals surface area contributed by atoms with Crippen molar-refractivity contribution in [3.8, 4) is 17.6 Å². The SMILES string of the molecule is COc1cc(OCCCC2CNCCN2C)cc2nc(Cl)c(C#N)c(Cl)c12.O. The Balaban J connectivity index is 0.00000280. The average molecular weight is 427 g/mol. The van der Waals surface area contributed by atoms with E-state index in [1.807, 2.05) is 6.07 Å². The molecule has 9 heteroatoms. The molecule has 3 N–H and O–H groups in total. The van der Waals surface area contributed by atoms with Crippen molar-refractivity contribution in [1.82, 2.24) is 15.2 Å². The predicted octanol–water partition coefficient (Wildman–Crippen LogP) is 2.66. The van der Waals surface area contributed by atoms with Crippen LogP contribution in [0.25, 0.3) is 10.9 Å². The second-order valence-electron chi connectivity index (χ2n) is 6.55. The quantitative estimate of drug-likeness (QED) is 0.562. The summed E-state index contributed by atoms with van der Waals surface area (Å²) in [6.07, 6.45) is 2.01. The molecule has 2 heterocycles. The number of nitriles is 1. The third kappa shape index (κ3) is 4.77. The normalized spacial score (nSPS) is 17.0. The van der Waals surface area contributed by atoms with Crippen LogP contribution in [0.2, 0.25) is 10.2 Å². The molecule has 28 heavy (non-hydrogen) atoms. The maximum atomic E-state index is 9.21. The highest BCUT2D eigenvalue weighted by Crippen LogP contribution is 2.38. The second kappa shape index (κ2) is 10.1. The largest absolute Gasteiger partial charge is 0.496 e. The molecule has 2 aromatic rings. The molecule has 0 amide bonds. The molecule has 7 nitrogen and oxygen atoms in total. The van der Waals surface area contributed by atoms with Gasteiger partial charge >= 0.3 is 0 Å². The Hall–Kier alpha value is -1.82. The predicted molar refractivity (Wildman–Crippen MR) is 111 cm³/mol. The molecule has 1 fully saturated rings. The lowest BCUT2D eigenvalue weighted by molar-refractivity contribution is 0.178. The molecule has 0 aliphatic carbocycles. The second-order valence-corrected chi connectivity index (χ2v) is 7.29. The molecule has 1 saturated heterocycles. The summed E-state index contributed by atoms with van der Waals surface area (Å²) in [5.41, 5.74) is 0.678. The molecule has 1 atom stereocenters. The van der Waals surface area contributed by atoms with Crippen LogP contribution in [0.1, 0.15) is 18.4 Å². The van der Waals surface area contributed by atoms with Gasteiger partial charge in [-0.25, -0.2) is 4.98 Å². The maximum absolute atomic E-state index is 9.21. The molecule has 0 radical (unpaired) electrons. The third-order valence-corrected chi connectivity index (χ3v) is 5.50. The summed E-state index contributed by atoms with van der Waals surface area (Å²) in [5, 5.41) is 13.5. The minimum absolute atomic E-state index is 0. The fourth-order valence-electron chi connectivity index (χ4n) is 3.30. The first-order chi connectivity index (χ1) is 13.0. The Morgan fingerprint density at radius 3 is 2.86 bits per heavy atom. The number of piperazine rings is 1. The molecule has 0 bridgehead atoms. The van der Waals surface area contributed by atoms with Crippen molar-refractivity contribution in [2.45, 2.75) is 18.9 Å². The third-order valence-electron chi connectivity index (χ3n) is 4.85. The van der Waals surface area contributed by atoms with Crippen molar-refractivity contribution >= 4 is 34.1 Å². The van der Waals surface area contributed by atoms with Crippen molar-refractivity contribution in [2.24, 2.45) is 0 Å². The van der Waals surface area contributed by atoms with E-state index in [-0.39, 0.29) is 21.2 Å². The Morgan fingerprint density at radius 2 is 2.18 bits per heavy atom. The number of benzene rings is 1. The van der Waals surface area contributed by atoms with Gasteiger partial charge in [-0.15, -0.1) is 0 Å². The fraction of sp³-hybridized carbons (Fsp3) is 0.474. The highest BCUT2D eigenvalue weighted by molar-refractivity contribution is 6.40. The van der Waals surface area contributed by atoms with Crippen LogP contribution in [-0.4, -0.2) is 61.8 Å². The van der Waals surface area contributed by atoms with Crippen molar-refractivity contribution in [3.05, 3.63) is 27.9 Å². The number of nitrogens with zero attached hydrogens (tertiary/aromatic N) is 3. The van der Waals surface area contributed by atoms with E-state index in [1.54, 1.807) is 19.2 Å². The van der Waals surface area contributed by atoms with Crippen LogP contribution in [0, 0.1) is 11.3 Å². The van der Waals surface area contributed by atoms with Gasteiger partial charge in [0, 0.05) is 37.8 Å². The van der Waals surface area contributed by atoms with Gasteiger partial charge in [-0.3, -0.25) is 0 Å². The van der Waals surface area contributed by atoms with Gasteiger partial charge in [0.1, 0.15) is 28.3 Å². The van der Waals surface area contributed by atoms with E-state index in [2.05, 4.69) is 22.2 Å². The monoisotopic (exact) mass is 426 g/mol. The number of aromatic nitrogens is 1. The van der Waals surface area contributed by atoms with Crippen LogP contribution in [0.15, 0.2) is 12.1 Å². The summed E-state index contributed by atoms with van der Waals surface area (Å²) in [7, 11) is 3.71. The minimum atomic E-state index is 0. The summed E-state index contributed by atoms with van der Waals surface area (Å²) >= 11 is 12.4. The highest BCUT2D eigenvalue weighted by atomic mass is 35.5. The summed E-state index contributed by atoms with van der Waals surface area (Å²) in [5.74, 6) is 1.14. The number of methoxy groups -OCH3 is 1. The molecule has 0 spiro atoms. The van der Waals surface area contributed by atoms with Crippen molar-refractivity contribution in [1.29, 1.82) is 5.26 Å². The first kappa shape index (κ1) is 22.5. The topological polar surface area (TPSA) is 102 Å². The summed E-state index contributed by atoms with van der Waals surface area (Å²) in [6, 6.07) is 6.05. The van der Waals surface area contributed by atoms with E-state index in [1.165, 1.54) is 0 Å². The number of likely N-dealkylation sites (N-methyl/N-ethyl adjacent to an activating group) is 1. The number of hydrogen-bond donors (Lipinski definition) is 1. The smallest absolute Gasteiger partial charge is 0.149 e. The molecule has 3 rings (SSSR count). The molecule has 1 aliphatic heterocycles. The Morgan fingerprint density at radius 1 is 1.39 bits per heavy atom. The Labute approximate surface area is 174 Å². The van der Waals surface area contributed by atoms with Crippen LogP contribution in [0.5, 0.6) is 11.5 Å². The van der Waals surface area contributed by atoms with Gasteiger partial charge in [-0.1, -0.05) is 23.2 Å². The first-order valence-corrected chi connectivity index (χ1v) is 9.61. The lowest BCUT2D eigenvalue weighted by Crippen LogP contribution is -2.49. The zero-order chi connectivity index (χ0) is 19.4. The van der Waals surface area contributed by atoms with Gasteiger partial charge in [0.05, 0.1) is 29.6 Å². The lowest BCUT2D eigenvalue weighted by atomic mass is 10.1. The van der Waals surface area contributed by atoms with E-state index in [0.717, 1.165) is 32.5 Å². The molecule has 152 valence electrons. The van der Waals surface area contributed by atoms with Gasteiger partial charge in [0.25, 0.3) is 0 Å². The summed E-state index contributed by atoms with van der Waals surface area (Å²) in [6.45, 7) is 3.73. The first-order valence-electron chi connectivity index (χ1n) is 8.85. The number of nitrogens with one attached hydrogen (secondary N) is 1. The number of rotatable bonds is 6. The van der Waals surface area contributed by atoms with Crippen LogP contribution in [-0.2, 0) is 0 Å². The van der Waals surface area contributed by atoms with Crippen LogP contribution in [0.4, 0.5) is 0 Å². The lowest BCUT2D eigenvalue weighted by Gasteiger charge is -2.33. The van der Waals surface area contributed by atoms with Gasteiger partial charge in [0.2, 0.25) is 0 Å². The molecule has 1 aromatic heterocycles. The van der Waals surface area contributed by atoms with Gasteiger partial charge in [-0.2, -0.15) is 5.26 Å². The van der Waals surface area contributed by atoms with Gasteiger partial charge in [0.15, 0.2) is 0 Å². The van der Waals surface area contributed by atoms with Crippen molar-refractivity contribution in [3.63, 3.8) is 0 Å². The molecule has 1 aliphatic rings. The summed E-state index contributed by atoms with van der Waals surface area (Å²) in [4.78, 5) is 6.66. The average Bonchev–Trinajstić information content (AvgIpc) is 2.66. The van der Waals surface area contributed by atoms with Crippen molar-refractivity contribution in [2.75, 3.05) is 40.4 Å². The zero-order valence-corrected chi connectivity index (χ0v) is 17.4. The molecule has 0 saturated carbocycles. The molecule has 1 unspecified atom stereocenters. The number of fused-ring (bicyclic) bond motifs is 1. The van der Waals surface area contributed by atoms with E-state index in [9.17, 15) is 5.26 Å². The number of ether oxygens (including phenoxy) is 2. The van der Waals surface area contributed by atoms with E-state index in [0.29, 0.717) is 35.1 Å². The van der Waals surface area contributed by atoms with E-state index in [4.69, 9.17) is 32.7 Å². The van der Waals surface area contributed by atoms with Crippen LogP contribution < -0.4 is 14.8 Å². The van der Waals surface area contributed by atoms with Gasteiger partial charge in [-0.05, 0) is 19.9 Å². The number of halogens is 2. The molecular weight excluding hydrogens is 403 g/mol.